The molecule has 0 aliphatic heterocycles. The molecule has 11 heteroatoms. The first kappa shape index (κ1) is 27.3. The van der Waals surface area contributed by atoms with Gasteiger partial charge in [-0.15, -0.1) is 0 Å². The maximum Gasteiger partial charge on any atom is 0.416 e. The smallest absolute Gasteiger partial charge is 0.416 e. The summed E-state index contributed by atoms with van der Waals surface area (Å²) < 4.78 is 80.4. The summed E-state index contributed by atoms with van der Waals surface area (Å²) >= 11 is 6.35. The molecule has 0 atom stereocenters. The van der Waals surface area contributed by atoms with Crippen LogP contribution in [0.1, 0.15) is 36.1 Å². The lowest BCUT2D eigenvalue weighted by Crippen LogP contribution is -2.43. The Hall–Kier alpha value is -3.27. The molecule has 0 spiro atoms. The molecule has 1 amide bonds. The van der Waals surface area contributed by atoms with Crippen LogP contribution in [0.15, 0.2) is 54.7 Å². The van der Waals surface area contributed by atoms with E-state index in [4.69, 9.17) is 11.6 Å². The van der Waals surface area contributed by atoms with Crippen molar-refractivity contribution in [1.29, 1.82) is 0 Å². The van der Waals surface area contributed by atoms with Crippen LogP contribution in [0.5, 0.6) is 0 Å². The standard InChI is InChI=1S/C25H21ClF6N2O2/c1-14-7-5-6-8-19(14)21-20(26)12-18(13-34(21)36)33(4)22(35)23(2,3)15-9-16(24(27,28)29)11-17(10-15)25(30,31)32/h5-13H,1-4H3. The molecule has 2 aromatic carbocycles. The fourth-order valence-corrected chi connectivity index (χ4v) is 4.07. The average Bonchev–Trinajstić information content (AvgIpc) is 2.77. The van der Waals surface area contributed by atoms with Gasteiger partial charge in [-0.3, -0.25) is 4.79 Å². The minimum atomic E-state index is -5.06. The van der Waals surface area contributed by atoms with E-state index in [9.17, 15) is 36.3 Å². The van der Waals surface area contributed by atoms with Crippen LogP contribution in [0.4, 0.5) is 32.0 Å². The van der Waals surface area contributed by atoms with Crippen LogP contribution in [-0.4, -0.2) is 13.0 Å². The summed E-state index contributed by atoms with van der Waals surface area (Å²) in [4.78, 5) is 14.3. The highest BCUT2D eigenvalue weighted by Gasteiger charge is 2.41. The van der Waals surface area contributed by atoms with Crippen molar-refractivity contribution in [2.45, 2.75) is 38.5 Å². The molecule has 0 aliphatic rings. The lowest BCUT2D eigenvalue weighted by Gasteiger charge is -2.30. The van der Waals surface area contributed by atoms with Crippen molar-refractivity contribution in [3.63, 3.8) is 0 Å². The number of nitrogens with zero attached hydrogens (tertiary/aromatic N) is 2. The number of pyridine rings is 1. The van der Waals surface area contributed by atoms with Gasteiger partial charge >= 0.3 is 12.4 Å². The van der Waals surface area contributed by atoms with E-state index in [1.54, 1.807) is 31.2 Å². The maximum absolute atomic E-state index is 13.3. The third kappa shape index (κ3) is 5.28. The SMILES string of the molecule is Cc1ccccc1-c1c(Cl)cc(N(C)C(=O)C(C)(C)c2cc(C(F)(F)F)cc(C(F)(F)F)c2)c[n+]1[O-]. The molecule has 0 aliphatic carbocycles. The molecule has 3 aromatic rings. The Bertz CT molecular complexity index is 1260. The van der Waals surface area contributed by atoms with Gasteiger partial charge in [-0.2, -0.15) is 31.1 Å². The fraction of sp³-hybridized carbons (Fsp3) is 0.280. The van der Waals surface area contributed by atoms with E-state index in [1.165, 1.54) is 27.0 Å². The van der Waals surface area contributed by atoms with Crippen LogP contribution in [-0.2, 0) is 22.6 Å². The number of carbonyl (C=O) groups is 1. The van der Waals surface area contributed by atoms with Crippen molar-refractivity contribution in [3.8, 4) is 11.3 Å². The zero-order valence-electron chi connectivity index (χ0n) is 19.6. The van der Waals surface area contributed by atoms with Gasteiger partial charge < -0.3 is 10.1 Å². The molecule has 0 saturated heterocycles. The second kappa shape index (κ2) is 9.31. The second-order valence-corrected chi connectivity index (χ2v) is 9.23. The van der Waals surface area contributed by atoms with Crippen LogP contribution in [0.25, 0.3) is 11.3 Å². The topological polar surface area (TPSA) is 47.2 Å². The number of halogens is 7. The summed E-state index contributed by atoms with van der Waals surface area (Å²) in [5.41, 5.74) is -3.91. The van der Waals surface area contributed by atoms with Crippen LogP contribution in [0.3, 0.4) is 0 Å². The number of hydrogen-bond donors (Lipinski definition) is 0. The number of aryl methyl sites for hydroxylation is 1. The molecular formula is C25H21ClF6N2O2. The van der Waals surface area contributed by atoms with E-state index in [0.717, 1.165) is 16.7 Å². The van der Waals surface area contributed by atoms with Gasteiger partial charge in [0.1, 0.15) is 10.7 Å². The molecule has 0 radical (unpaired) electrons. The average molecular weight is 531 g/mol. The highest BCUT2D eigenvalue weighted by molar-refractivity contribution is 6.33. The van der Waals surface area contributed by atoms with E-state index >= 15 is 0 Å². The molecule has 1 aromatic heterocycles. The number of likely N-dealkylation sites (N-methyl/N-ethyl adjacent to an activating group) is 1. The first-order valence-electron chi connectivity index (χ1n) is 10.5. The van der Waals surface area contributed by atoms with Gasteiger partial charge in [-0.1, -0.05) is 29.8 Å². The number of alkyl halides is 6. The van der Waals surface area contributed by atoms with Crippen LogP contribution in [0.2, 0.25) is 5.02 Å². The number of carbonyl (C=O) groups excluding carboxylic acids is 1. The van der Waals surface area contributed by atoms with Gasteiger partial charge in [0.05, 0.1) is 22.1 Å². The minimum Gasteiger partial charge on any atom is -0.618 e. The maximum atomic E-state index is 13.3. The Kier molecular flexibility index (Phi) is 7.07. The van der Waals surface area contributed by atoms with E-state index < -0.39 is 40.4 Å². The number of aromatic nitrogens is 1. The van der Waals surface area contributed by atoms with Crippen molar-refractivity contribution in [2.75, 3.05) is 11.9 Å². The quantitative estimate of drug-likeness (QED) is 0.209. The Morgan fingerprint density at radius 3 is 1.89 bits per heavy atom. The number of anilines is 1. The molecule has 0 unspecified atom stereocenters. The third-order valence-electron chi connectivity index (χ3n) is 5.91. The molecule has 0 saturated carbocycles. The number of benzene rings is 2. The zero-order valence-corrected chi connectivity index (χ0v) is 20.3. The van der Waals surface area contributed by atoms with Gasteiger partial charge in [0.25, 0.3) is 0 Å². The summed E-state index contributed by atoms with van der Waals surface area (Å²) in [7, 11) is 1.25. The zero-order chi connectivity index (χ0) is 27.2. The van der Waals surface area contributed by atoms with Gasteiger partial charge in [-0.05, 0) is 62.2 Å². The van der Waals surface area contributed by atoms with Crippen molar-refractivity contribution < 1.29 is 35.9 Å². The molecule has 3 rings (SSSR count). The summed E-state index contributed by atoms with van der Waals surface area (Å²) in [5, 5.41) is 12.8. The normalized spacial score (nSPS) is 12.5. The Morgan fingerprint density at radius 1 is 0.917 bits per heavy atom. The largest absolute Gasteiger partial charge is 0.618 e. The number of rotatable bonds is 4. The summed E-state index contributed by atoms with van der Waals surface area (Å²) in [6.07, 6.45) is -9.06. The number of amides is 1. The van der Waals surface area contributed by atoms with Crippen LogP contribution in [0, 0.1) is 12.1 Å². The molecule has 36 heavy (non-hydrogen) atoms. The van der Waals surface area contributed by atoms with Crippen LogP contribution >= 0.6 is 11.6 Å². The molecule has 0 bridgehead atoms. The van der Waals surface area contributed by atoms with Gasteiger partial charge in [0.15, 0.2) is 0 Å². The highest BCUT2D eigenvalue weighted by Crippen LogP contribution is 2.40. The van der Waals surface area contributed by atoms with Gasteiger partial charge in [0.2, 0.25) is 17.8 Å². The molecule has 0 N–H and O–H groups in total. The van der Waals surface area contributed by atoms with Crippen molar-refractivity contribution in [2.24, 2.45) is 0 Å². The molecule has 1 heterocycles. The van der Waals surface area contributed by atoms with E-state index in [-0.39, 0.29) is 22.5 Å². The molecule has 4 nitrogen and oxygen atoms in total. The lowest BCUT2D eigenvalue weighted by molar-refractivity contribution is -0.592. The first-order chi connectivity index (χ1) is 16.4. The predicted molar refractivity (Wildman–Crippen MR) is 123 cm³/mol. The van der Waals surface area contributed by atoms with Crippen molar-refractivity contribution in [1.82, 2.24) is 0 Å². The van der Waals surface area contributed by atoms with E-state index in [2.05, 4.69) is 0 Å². The molecule has 192 valence electrons. The first-order valence-corrected chi connectivity index (χ1v) is 10.9. The van der Waals surface area contributed by atoms with E-state index in [0.29, 0.717) is 22.4 Å². The summed E-state index contributed by atoms with van der Waals surface area (Å²) in [6, 6.07) is 9.33. The third-order valence-corrected chi connectivity index (χ3v) is 6.19. The predicted octanol–water partition coefficient (Wildman–Crippen LogP) is 6.93. The van der Waals surface area contributed by atoms with Gasteiger partial charge in [-0.25, -0.2) is 0 Å². The van der Waals surface area contributed by atoms with E-state index in [1.807, 2.05) is 0 Å². The highest BCUT2D eigenvalue weighted by atomic mass is 35.5. The Balaban J connectivity index is 2.06. The van der Waals surface area contributed by atoms with Gasteiger partial charge in [0, 0.05) is 7.05 Å². The Labute approximate surface area is 208 Å². The summed E-state index contributed by atoms with van der Waals surface area (Å²) in [5.74, 6) is -0.852. The number of hydrogen-bond acceptors (Lipinski definition) is 2. The summed E-state index contributed by atoms with van der Waals surface area (Å²) in [6.45, 7) is 4.19. The minimum absolute atomic E-state index is 0.00180. The monoisotopic (exact) mass is 530 g/mol. The van der Waals surface area contributed by atoms with Crippen molar-refractivity contribution >= 4 is 23.2 Å². The lowest BCUT2D eigenvalue weighted by atomic mass is 9.81. The van der Waals surface area contributed by atoms with Crippen molar-refractivity contribution in [3.05, 3.63) is 87.2 Å². The Morgan fingerprint density at radius 2 is 1.42 bits per heavy atom. The molecular weight excluding hydrogens is 510 g/mol. The molecule has 0 fully saturated rings. The fourth-order valence-electron chi connectivity index (χ4n) is 3.77. The van der Waals surface area contributed by atoms with Crippen LogP contribution < -0.4 is 9.63 Å². The second-order valence-electron chi connectivity index (χ2n) is 8.82.